The minimum Gasteiger partial charge on any atom is -0.481 e. The van der Waals surface area contributed by atoms with Gasteiger partial charge in [-0.3, -0.25) is 9.59 Å². The molecule has 0 spiro atoms. The molecule has 0 aromatic heterocycles. The molecule has 5 atom stereocenters. The van der Waals surface area contributed by atoms with E-state index in [1.165, 1.54) is 0 Å². The maximum absolute atomic E-state index is 12.4. The number of aliphatic carboxylic acids is 1. The van der Waals surface area contributed by atoms with E-state index in [-0.39, 0.29) is 23.5 Å². The van der Waals surface area contributed by atoms with Crippen molar-refractivity contribution in [2.75, 3.05) is 6.61 Å². The summed E-state index contributed by atoms with van der Waals surface area (Å²) >= 11 is 0. The Balaban J connectivity index is 1.68. The first kappa shape index (κ1) is 13.9. The molecule has 5 nitrogen and oxygen atoms in total. The van der Waals surface area contributed by atoms with Gasteiger partial charge in [0.1, 0.15) is 0 Å². The number of fused-ring (bicyclic) bond motifs is 1. The highest BCUT2D eigenvalue weighted by Gasteiger charge is 2.67. The zero-order valence-corrected chi connectivity index (χ0v) is 12.5. The molecule has 112 valence electrons. The number of carboxylic acids is 1. The first-order valence-electron chi connectivity index (χ1n) is 7.34. The van der Waals surface area contributed by atoms with Crippen LogP contribution < -0.4 is 5.32 Å². The Morgan fingerprint density at radius 3 is 2.35 bits per heavy atom. The fourth-order valence-electron chi connectivity index (χ4n) is 4.45. The number of nitrogens with one attached hydrogen (secondary N) is 1. The Hall–Kier alpha value is -1.10. The summed E-state index contributed by atoms with van der Waals surface area (Å²) in [4.78, 5) is 23.6. The van der Waals surface area contributed by atoms with Crippen LogP contribution >= 0.6 is 0 Å². The zero-order valence-electron chi connectivity index (χ0n) is 12.5. The summed E-state index contributed by atoms with van der Waals surface area (Å²) in [5.74, 6) is -1.55. The Labute approximate surface area is 119 Å². The van der Waals surface area contributed by atoms with Crippen LogP contribution in [0.3, 0.4) is 0 Å². The SMILES string of the molecule is CC1(C)C(NC(=O)C2C(C(=O)O)C2(C)C)C2CCOC21. The summed E-state index contributed by atoms with van der Waals surface area (Å²) in [6.45, 7) is 8.68. The van der Waals surface area contributed by atoms with Crippen LogP contribution in [0, 0.1) is 28.6 Å². The summed E-state index contributed by atoms with van der Waals surface area (Å²) in [7, 11) is 0. The molecule has 3 aliphatic rings. The van der Waals surface area contributed by atoms with Crippen LogP contribution in [0.4, 0.5) is 0 Å². The van der Waals surface area contributed by atoms with Crippen LogP contribution in [0.25, 0.3) is 0 Å². The van der Waals surface area contributed by atoms with Gasteiger partial charge in [0, 0.05) is 24.0 Å². The van der Waals surface area contributed by atoms with Gasteiger partial charge in [-0.05, 0) is 11.8 Å². The molecular formula is C15H23NO4. The molecule has 3 rings (SSSR count). The fourth-order valence-corrected chi connectivity index (χ4v) is 4.45. The molecule has 1 aliphatic heterocycles. The molecule has 0 aromatic carbocycles. The highest BCUT2D eigenvalue weighted by molar-refractivity contribution is 5.91. The Morgan fingerprint density at radius 1 is 1.15 bits per heavy atom. The molecule has 5 heteroatoms. The van der Waals surface area contributed by atoms with Gasteiger partial charge >= 0.3 is 5.97 Å². The van der Waals surface area contributed by atoms with Crippen molar-refractivity contribution in [3.63, 3.8) is 0 Å². The van der Waals surface area contributed by atoms with E-state index in [9.17, 15) is 9.59 Å². The number of carboxylic acid groups (broad SMARTS) is 1. The maximum Gasteiger partial charge on any atom is 0.307 e. The Bertz CT molecular complexity index is 470. The average molecular weight is 281 g/mol. The normalized spacial score (nSPS) is 43.3. The van der Waals surface area contributed by atoms with Crippen LogP contribution in [0.1, 0.15) is 34.1 Å². The highest BCUT2D eigenvalue weighted by atomic mass is 16.5. The molecule has 20 heavy (non-hydrogen) atoms. The van der Waals surface area contributed by atoms with Gasteiger partial charge in [0.25, 0.3) is 0 Å². The third kappa shape index (κ3) is 1.65. The Morgan fingerprint density at radius 2 is 1.80 bits per heavy atom. The highest BCUT2D eigenvalue weighted by Crippen LogP contribution is 2.59. The quantitative estimate of drug-likeness (QED) is 0.817. The minimum atomic E-state index is -0.870. The number of rotatable bonds is 3. The molecule has 0 bridgehead atoms. The lowest BCUT2D eigenvalue weighted by Crippen LogP contribution is -2.67. The first-order chi connectivity index (χ1) is 9.19. The van der Waals surface area contributed by atoms with Gasteiger partial charge in [-0.2, -0.15) is 0 Å². The minimum absolute atomic E-state index is 0.0609. The zero-order chi connectivity index (χ0) is 14.9. The van der Waals surface area contributed by atoms with Crippen molar-refractivity contribution < 1.29 is 19.4 Å². The molecule has 5 unspecified atom stereocenters. The molecule has 2 N–H and O–H groups in total. The largest absolute Gasteiger partial charge is 0.481 e. The van der Waals surface area contributed by atoms with Crippen molar-refractivity contribution in [2.45, 2.75) is 46.3 Å². The molecule has 0 aromatic rings. The van der Waals surface area contributed by atoms with E-state index in [0.717, 1.165) is 13.0 Å². The summed E-state index contributed by atoms with van der Waals surface area (Å²) in [5, 5.41) is 12.3. The predicted molar refractivity (Wildman–Crippen MR) is 72.0 cm³/mol. The summed E-state index contributed by atoms with van der Waals surface area (Å²) in [6.07, 6.45) is 1.21. The second-order valence-electron chi connectivity index (χ2n) is 7.67. The van der Waals surface area contributed by atoms with E-state index >= 15 is 0 Å². The van der Waals surface area contributed by atoms with E-state index in [4.69, 9.17) is 9.84 Å². The maximum atomic E-state index is 12.4. The Kier molecular flexibility index (Phi) is 2.75. The van der Waals surface area contributed by atoms with Gasteiger partial charge in [0.15, 0.2) is 0 Å². The standard InChI is InChI=1S/C15H23NO4/c1-14(2)8(9(14)13(18)19)12(17)16-10-7-5-6-20-11(7)15(10,3)4/h7-11H,5-6H2,1-4H3,(H,16,17)(H,18,19). The molecule has 1 heterocycles. The molecule has 0 radical (unpaired) electrons. The van der Waals surface area contributed by atoms with Crippen LogP contribution in [-0.2, 0) is 14.3 Å². The molecule has 2 aliphatic carbocycles. The number of carbonyl (C=O) groups is 2. The summed E-state index contributed by atoms with van der Waals surface area (Å²) in [6, 6.07) is 0.105. The first-order valence-corrected chi connectivity index (χ1v) is 7.34. The predicted octanol–water partition coefficient (Wildman–Crippen LogP) is 1.27. The number of ether oxygens (including phenoxy) is 1. The van der Waals surface area contributed by atoms with Gasteiger partial charge in [-0.1, -0.05) is 27.7 Å². The second-order valence-corrected chi connectivity index (χ2v) is 7.67. The van der Waals surface area contributed by atoms with E-state index in [1.807, 2.05) is 13.8 Å². The molecule has 2 saturated carbocycles. The van der Waals surface area contributed by atoms with E-state index in [0.29, 0.717) is 5.92 Å². The average Bonchev–Trinajstić information content (AvgIpc) is 2.73. The summed E-state index contributed by atoms with van der Waals surface area (Å²) < 4.78 is 5.71. The van der Waals surface area contributed by atoms with Gasteiger partial charge in [0.05, 0.1) is 17.9 Å². The number of amides is 1. The van der Waals surface area contributed by atoms with Crippen molar-refractivity contribution in [1.82, 2.24) is 5.32 Å². The van der Waals surface area contributed by atoms with Gasteiger partial charge in [-0.15, -0.1) is 0 Å². The van der Waals surface area contributed by atoms with Crippen LogP contribution in [0.5, 0.6) is 0 Å². The van der Waals surface area contributed by atoms with Crippen molar-refractivity contribution in [1.29, 1.82) is 0 Å². The van der Waals surface area contributed by atoms with Crippen LogP contribution in [0.2, 0.25) is 0 Å². The molecule has 1 amide bonds. The van der Waals surface area contributed by atoms with Gasteiger partial charge < -0.3 is 15.2 Å². The third-order valence-electron chi connectivity index (χ3n) is 5.77. The van der Waals surface area contributed by atoms with Crippen LogP contribution in [-0.4, -0.2) is 35.7 Å². The second kappa shape index (κ2) is 3.97. The lowest BCUT2D eigenvalue weighted by atomic mass is 9.57. The van der Waals surface area contributed by atoms with E-state index in [1.54, 1.807) is 0 Å². The van der Waals surface area contributed by atoms with Crippen molar-refractivity contribution >= 4 is 11.9 Å². The summed E-state index contributed by atoms with van der Waals surface area (Å²) in [5.41, 5.74) is -0.496. The van der Waals surface area contributed by atoms with Crippen molar-refractivity contribution in [3.8, 4) is 0 Å². The topological polar surface area (TPSA) is 75.6 Å². The van der Waals surface area contributed by atoms with Gasteiger partial charge in [0.2, 0.25) is 5.91 Å². The van der Waals surface area contributed by atoms with Crippen molar-refractivity contribution in [3.05, 3.63) is 0 Å². The monoisotopic (exact) mass is 281 g/mol. The number of carbonyl (C=O) groups excluding carboxylic acids is 1. The molecule has 3 fully saturated rings. The smallest absolute Gasteiger partial charge is 0.307 e. The van der Waals surface area contributed by atoms with Gasteiger partial charge in [-0.25, -0.2) is 0 Å². The van der Waals surface area contributed by atoms with Crippen molar-refractivity contribution in [2.24, 2.45) is 28.6 Å². The molecular weight excluding hydrogens is 258 g/mol. The number of hydrogen-bond acceptors (Lipinski definition) is 3. The molecule has 1 saturated heterocycles. The fraction of sp³-hybridized carbons (Fsp3) is 0.867. The van der Waals surface area contributed by atoms with E-state index in [2.05, 4.69) is 19.2 Å². The van der Waals surface area contributed by atoms with Crippen LogP contribution in [0.15, 0.2) is 0 Å². The lowest BCUT2D eigenvalue weighted by molar-refractivity contribution is -0.143. The third-order valence-corrected chi connectivity index (χ3v) is 5.77. The number of hydrogen-bond donors (Lipinski definition) is 2. The van der Waals surface area contributed by atoms with E-state index < -0.39 is 23.2 Å². The lowest BCUT2D eigenvalue weighted by Gasteiger charge is -2.54.